The van der Waals surface area contributed by atoms with Gasteiger partial charge in [-0.25, -0.2) is 0 Å². The van der Waals surface area contributed by atoms with Crippen LogP contribution in [0, 0.1) is 5.41 Å². The molecule has 1 fully saturated rings. The zero-order chi connectivity index (χ0) is 14.6. The van der Waals surface area contributed by atoms with Crippen LogP contribution in [0.5, 0.6) is 0 Å². The predicted octanol–water partition coefficient (Wildman–Crippen LogP) is 3.71. The fourth-order valence-electron chi connectivity index (χ4n) is 3.36. The van der Waals surface area contributed by atoms with Gasteiger partial charge in [0.15, 0.2) is 0 Å². The molecular weight excluding hydrogens is 250 g/mol. The molecule has 1 unspecified atom stereocenters. The summed E-state index contributed by atoms with van der Waals surface area (Å²) in [6, 6.07) is 9.09. The summed E-state index contributed by atoms with van der Waals surface area (Å²) >= 11 is 0. The van der Waals surface area contributed by atoms with Crippen LogP contribution < -0.4 is 0 Å². The Morgan fingerprint density at radius 1 is 1.20 bits per heavy atom. The third-order valence-corrected chi connectivity index (χ3v) is 5.07. The van der Waals surface area contributed by atoms with E-state index in [4.69, 9.17) is 0 Å². The summed E-state index contributed by atoms with van der Waals surface area (Å²) in [5.41, 5.74) is 1.32. The third-order valence-electron chi connectivity index (χ3n) is 5.07. The fourth-order valence-corrected chi connectivity index (χ4v) is 3.36. The van der Waals surface area contributed by atoms with Crippen LogP contribution in [0.3, 0.4) is 0 Å². The van der Waals surface area contributed by atoms with Gasteiger partial charge in [0.1, 0.15) is 6.04 Å². The molecule has 0 aromatic heterocycles. The normalized spacial score (nSPS) is 20.5. The smallest absolute Gasteiger partial charge is 0.325 e. The highest BCUT2D eigenvalue weighted by Crippen LogP contribution is 2.40. The summed E-state index contributed by atoms with van der Waals surface area (Å²) < 4.78 is 0. The molecule has 0 aliphatic carbocycles. The van der Waals surface area contributed by atoms with Crippen LogP contribution in [0.4, 0.5) is 0 Å². The van der Waals surface area contributed by atoms with Crippen LogP contribution in [0.1, 0.15) is 51.1 Å². The van der Waals surface area contributed by atoms with E-state index in [2.05, 4.69) is 18.7 Å². The average Bonchev–Trinajstić information content (AvgIpc) is 2.49. The Kier molecular flexibility index (Phi) is 4.81. The van der Waals surface area contributed by atoms with E-state index in [1.54, 1.807) is 0 Å². The minimum atomic E-state index is -0.739. The molecule has 1 aromatic rings. The standard InChI is InChI=1S/C17H25NO2/c1-3-17(4-2)10-12-18(13-11-17)15(16(19)20)14-8-6-5-7-9-14/h5-9,15H,3-4,10-13H2,1-2H3,(H,19,20). The van der Waals surface area contributed by atoms with E-state index in [1.807, 2.05) is 30.3 Å². The average molecular weight is 275 g/mol. The van der Waals surface area contributed by atoms with Crippen molar-refractivity contribution < 1.29 is 9.90 Å². The number of carboxylic acids is 1. The SMILES string of the molecule is CCC1(CC)CCN(C(C(=O)O)c2ccccc2)CC1. The maximum absolute atomic E-state index is 11.7. The Morgan fingerprint density at radius 3 is 2.20 bits per heavy atom. The van der Waals surface area contributed by atoms with Crippen LogP contribution in [0.2, 0.25) is 0 Å². The molecular formula is C17H25NO2. The second-order valence-corrected chi connectivity index (χ2v) is 5.89. The maximum Gasteiger partial charge on any atom is 0.325 e. The minimum absolute atomic E-state index is 0.427. The number of nitrogens with zero attached hydrogens (tertiary/aromatic N) is 1. The van der Waals surface area contributed by atoms with E-state index in [-0.39, 0.29) is 0 Å². The molecule has 1 heterocycles. The number of benzene rings is 1. The molecule has 0 amide bonds. The van der Waals surface area contributed by atoms with Crippen molar-refractivity contribution >= 4 is 5.97 Å². The largest absolute Gasteiger partial charge is 0.480 e. The van der Waals surface area contributed by atoms with Crippen molar-refractivity contribution in [3.63, 3.8) is 0 Å². The van der Waals surface area contributed by atoms with Crippen molar-refractivity contribution in [3.8, 4) is 0 Å². The number of piperidine rings is 1. The van der Waals surface area contributed by atoms with Gasteiger partial charge in [0, 0.05) is 0 Å². The van der Waals surface area contributed by atoms with Gasteiger partial charge in [0.25, 0.3) is 0 Å². The van der Waals surface area contributed by atoms with E-state index >= 15 is 0 Å². The number of hydrogen-bond acceptors (Lipinski definition) is 2. The molecule has 3 nitrogen and oxygen atoms in total. The molecule has 3 heteroatoms. The first kappa shape index (κ1) is 15.0. The Bertz CT molecular complexity index is 430. The highest BCUT2D eigenvalue weighted by Gasteiger charge is 2.36. The lowest BCUT2D eigenvalue weighted by Gasteiger charge is -2.43. The van der Waals surface area contributed by atoms with Crippen molar-refractivity contribution in [1.29, 1.82) is 0 Å². The van der Waals surface area contributed by atoms with Gasteiger partial charge in [-0.3, -0.25) is 9.69 Å². The number of carboxylic acid groups (broad SMARTS) is 1. The lowest BCUT2D eigenvalue weighted by Crippen LogP contribution is -2.43. The second-order valence-electron chi connectivity index (χ2n) is 5.89. The molecule has 1 aliphatic heterocycles. The van der Waals surface area contributed by atoms with E-state index in [0.29, 0.717) is 5.41 Å². The van der Waals surface area contributed by atoms with Gasteiger partial charge in [-0.15, -0.1) is 0 Å². The molecule has 20 heavy (non-hydrogen) atoms. The summed E-state index contributed by atoms with van der Waals surface area (Å²) in [4.78, 5) is 13.8. The summed E-state index contributed by atoms with van der Waals surface area (Å²) in [6.45, 7) is 6.27. The monoisotopic (exact) mass is 275 g/mol. The first-order valence-electron chi connectivity index (χ1n) is 7.63. The van der Waals surface area contributed by atoms with Gasteiger partial charge in [0.05, 0.1) is 0 Å². The van der Waals surface area contributed by atoms with Gasteiger partial charge in [-0.05, 0) is 36.9 Å². The molecule has 1 aromatic carbocycles. The number of likely N-dealkylation sites (tertiary alicyclic amines) is 1. The zero-order valence-corrected chi connectivity index (χ0v) is 12.5. The lowest BCUT2D eigenvalue weighted by molar-refractivity contribution is -0.144. The molecule has 0 spiro atoms. The summed E-state index contributed by atoms with van der Waals surface area (Å²) in [7, 11) is 0. The van der Waals surface area contributed by atoms with Crippen LogP contribution >= 0.6 is 0 Å². The van der Waals surface area contributed by atoms with Crippen molar-refractivity contribution in [2.75, 3.05) is 13.1 Å². The zero-order valence-electron chi connectivity index (χ0n) is 12.5. The molecule has 1 saturated heterocycles. The molecule has 0 bridgehead atoms. The number of hydrogen-bond donors (Lipinski definition) is 1. The number of aliphatic carboxylic acids is 1. The van der Waals surface area contributed by atoms with Gasteiger partial charge < -0.3 is 5.11 Å². The van der Waals surface area contributed by atoms with E-state index < -0.39 is 12.0 Å². The van der Waals surface area contributed by atoms with Crippen molar-refractivity contribution in [2.24, 2.45) is 5.41 Å². The molecule has 1 atom stereocenters. The van der Waals surface area contributed by atoms with E-state index in [0.717, 1.165) is 31.5 Å². The Hall–Kier alpha value is -1.35. The Balaban J connectivity index is 2.12. The molecule has 0 saturated carbocycles. The predicted molar refractivity (Wildman–Crippen MR) is 80.6 cm³/mol. The van der Waals surface area contributed by atoms with Crippen LogP contribution in [0.25, 0.3) is 0 Å². The van der Waals surface area contributed by atoms with Crippen LogP contribution in [0.15, 0.2) is 30.3 Å². The first-order chi connectivity index (χ1) is 9.62. The highest BCUT2D eigenvalue weighted by molar-refractivity contribution is 5.75. The molecule has 1 aliphatic rings. The van der Waals surface area contributed by atoms with Gasteiger partial charge >= 0.3 is 5.97 Å². The summed E-state index contributed by atoms with van der Waals surface area (Å²) in [5, 5.41) is 9.58. The fraction of sp³-hybridized carbons (Fsp3) is 0.588. The van der Waals surface area contributed by atoms with Gasteiger partial charge in [-0.1, -0.05) is 57.0 Å². The van der Waals surface area contributed by atoms with E-state index in [1.165, 1.54) is 12.8 Å². The van der Waals surface area contributed by atoms with Gasteiger partial charge in [0.2, 0.25) is 0 Å². The third kappa shape index (κ3) is 3.04. The van der Waals surface area contributed by atoms with Gasteiger partial charge in [-0.2, -0.15) is 0 Å². The summed E-state index contributed by atoms with van der Waals surface area (Å²) in [5.74, 6) is -0.739. The Morgan fingerprint density at radius 2 is 1.75 bits per heavy atom. The Labute approximate surface area is 121 Å². The topological polar surface area (TPSA) is 40.5 Å². The van der Waals surface area contributed by atoms with Crippen molar-refractivity contribution in [1.82, 2.24) is 4.90 Å². The maximum atomic E-state index is 11.7. The molecule has 0 radical (unpaired) electrons. The van der Waals surface area contributed by atoms with Crippen LogP contribution in [-0.4, -0.2) is 29.1 Å². The minimum Gasteiger partial charge on any atom is -0.480 e. The van der Waals surface area contributed by atoms with Crippen LogP contribution in [-0.2, 0) is 4.79 Å². The van der Waals surface area contributed by atoms with Crippen molar-refractivity contribution in [3.05, 3.63) is 35.9 Å². The lowest BCUT2D eigenvalue weighted by atomic mass is 9.74. The molecule has 1 N–H and O–H groups in total. The highest BCUT2D eigenvalue weighted by atomic mass is 16.4. The second kappa shape index (κ2) is 6.40. The summed E-state index contributed by atoms with van der Waals surface area (Å²) in [6.07, 6.45) is 4.61. The quantitative estimate of drug-likeness (QED) is 0.890. The van der Waals surface area contributed by atoms with E-state index in [9.17, 15) is 9.90 Å². The number of rotatable bonds is 5. The van der Waals surface area contributed by atoms with Crippen molar-refractivity contribution in [2.45, 2.75) is 45.6 Å². The first-order valence-corrected chi connectivity index (χ1v) is 7.63. The molecule has 2 rings (SSSR count). The molecule has 110 valence electrons. The number of carbonyl (C=O) groups is 1.